The minimum atomic E-state index is -0.0659. The Hall–Kier alpha value is -2.47. The van der Waals surface area contributed by atoms with Crippen LogP contribution in [0.25, 0.3) is 0 Å². The quantitative estimate of drug-likeness (QED) is 0.882. The van der Waals surface area contributed by atoms with Crippen molar-refractivity contribution in [1.29, 1.82) is 0 Å². The third-order valence-corrected chi connectivity index (χ3v) is 4.01. The van der Waals surface area contributed by atoms with Crippen molar-refractivity contribution in [2.75, 3.05) is 43.6 Å². The first-order chi connectivity index (χ1) is 11.8. The van der Waals surface area contributed by atoms with Gasteiger partial charge in [0.05, 0.1) is 32.3 Å². The predicted molar refractivity (Wildman–Crippen MR) is 91.7 cm³/mol. The lowest BCUT2D eigenvalue weighted by Crippen LogP contribution is -2.36. The molecule has 1 amide bonds. The van der Waals surface area contributed by atoms with Gasteiger partial charge in [-0.2, -0.15) is 0 Å². The molecular formula is C18H22N2O4. The summed E-state index contributed by atoms with van der Waals surface area (Å²) < 4.78 is 16.0. The molecule has 1 aromatic carbocycles. The summed E-state index contributed by atoms with van der Waals surface area (Å²) in [7, 11) is 1.60. The molecule has 0 atom stereocenters. The molecule has 2 heterocycles. The summed E-state index contributed by atoms with van der Waals surface area (Å²) >= 11 is 0. The van der Waals surface area contributed by atoms with Crippen LogP contribution in [0.15, 0.2) is 41.0 Å². The molecule has 6 heteroatoms. The zero-order valence-corrected chi connectivity index (χ0v) is 13.8. The molecule has 1 saturated heterocycles. The van der Waals surface area contributed by atoms with Crippen LogP contribution >= 0.6 is 0 Å². The molecule has 3 rings (SSSR count). The third kappa shape index (κ3) is 4.08. The number of morpholine rings is 1. The Morgan fingerprint density at radius 1 is 1.29 bits per heavy atom. The van der Waals surface area contributed by atoms with E-state index in [-0.39, 0.29) is 5.91 Å². The second-order valence-electron chi connectivity index (χ2n) is 5.61. The fourth-order valence-electron chi connectivity index (χ4n) is 2.72. The first-order valence-corrected chi connectivity index (χ1v) is 8.09. The number of aryl methyl sites for hydroxylation is 1. The van der Waals surface area contributed by atoms with Gasteiger partial charge in [0, 0.05) is 31.6 Å². The maximum atomic E-state index is 12.2. The minimum absolute atomic E-state index is 0.0659. The Morgan fingerprint density at radius 3 is 2.83 bits per heavy atom. The number of rotatable bonds is 6. The van der Waals surface area contributed by atoms with Gasteiger partial charge in [0.1, 0.15) is 11.5 Å². The van der Waals surface area contributed by atoms with Crippen LogP contribution in [0.5, 0.6) is 5.75 Å². The molecule has 0 saturated carbocycles. The molecule has 128 valence electrons. The molecule has 0 unspecified atom stereocenters. The van der Waals surface area contributed by atoms with Gasteiger partial charge in [-0.3, -0.25) is 4.79 Å². The Kier molecular flexibility index (Phi) is 5.38. The molecule has 0 aliphatic carbocycles. The topological polar surface area (TPSA) is 63.9 Å². The number of methoxy groups -OCH3 is 1. The maximum Gasteiger partial charge on any atom is 0.224 e. The lowest BCUT2D eigenvalue weighted by Gasteiger charge is -2.29. The monoisotopic (exact) mass is 330 g/mol. The van der Waals surface area contributed by atoms with Crippen LogP contribution in [0.4, 0.5) is 11.4 Å². The second kappa shape index (κ2) is 7.88. The molecule has 6 nitrogen and oxygen atoms in total. The van der Waals surface area contributed by atoms with Crippen molar-refractivity contribution in [1.82, 2.24) is 0 Å². The fraction of sp³-hybridized carbons (Fsp3) is 0.389. The largest absolute Gasteiger partial charge is 0.495 e. The highest BCUT2D eigenvalue weighted by molar-refractivity contribution is 5.93. The van der Waals surface area contributed by atoms with Crippen molar-refractivity contribution in [2.24, 2.45) is 0 Å². The molecule has 1 aromatic heterocycles. The van der Waals surface area contributed by atoms with Crippen LogP contribution in [0.2, 0.25) is 0 Å². The average Bonchev–Trinajstić information content (AvgIpc) is 3.14. The fourth-order valence-corrected chi connectivity index (χ4v) is 2.72. The number of amides is 1. The van der Waals surface area contributed by atoms with Crippen LogP contribution in [0, 0.1) is 0 Å². The van der Waals surface area contributed by atoms with E-state index in [0.29, 0.717) is 24.3 Å². The number of benzene rings is 1. The van der Waals surface area contributed by atoms with Crippen molar-refractivity contribution in [3.05, 3.63) is 42.4 Å². The summed E-state index contributed by atoms with van der Waals surface area (Å²) in [6, 6.07) is 9.53. The van der Waals surface area contributed by atoms with E-state index in [4.69, 9.17) is 13.9 Å². The summed E-state index contributed by atoms with van der Waals surface area (Å²) in [5, 5.41) is 2.94. The molecule has 1 aliphatic rings. The number of ether oxygens (including phenoxy) is 2. The summed E-state index contributed by atoms with van der Waals surface area (Å²) in [4.78, 5) is 14.5. The van der Waals surface area contributed by atoms with E-state index in [9.17, 15) is 4.79 Å². The Bertz CT molecular complexity index is 664. The highest BCUT2D eigenvalue weighted by Gasteiger charge is 2.15. The van der Waals surface area contributed by atoms with Crippen molar-refractivity contribution in [3.63, 3.8) is 0 Å². The molecule has 1 N–H and O–H groups in total. The van der Waals surface area contributed by atoms with Crippen LogP contribution < -0.4 is 15.0 Å². The maximum absolute atomic E-state index is 12.2. The van der Waals surface area contributed by atoms with Gasteiger partial charge in [0.25, 0.3) is 0 Å². The Labute approximate surface area is 141 Å². The number of nitrogens with zero attached hydrogens (tertiary/aromatic N) is 1. The van der Waals surface area contributed by atoms with Crippen molar-refractivity contribution < 1.29 is 18.7 Å². The van der Waals surface area contributed by atoms with Gasteiger partial charge < -0.3 is 24.1 Å². The highest BCUT2D eigenvalue weighted by atomic mass is 16.5. The Morgan fingerprint density at radius 2 is 2.12 bits per heavy atom. The lowest BCUT2D eigenvalue weighted by atomic mass is 10.2. The number of hydrogen-bond acceptors (Lipinski definition) is 5. The van der Waals surface area contributed by atoms with E-state index < -0.39 is 0 Å². The van der Waals surface area contributed by atoms with E-state index in [0.717, 1.165) is 37.8 Å². The summed E-state index contributed by atoms with van der Waals surface area (Å²) in [6.45, 7) is 3.13. The summed E-state index contributed by atoms with van der Waals surface area (Å²) in [5.74, 6) is 1.39. The molecule has 0 bridgehead atoms. The van der Waals surface area contributed by atoms with Gasteiger partial charge in [-0.1, -0.05) is 0 Å². The van der Waals surface area contributed by atoms with Crippen molar-refractivity contribution in [3.8, 4) is 5.75 Å². The van der Waals surface area contributed by atoms with E-state index in [1.54, 1.807) is 13.4 Å². The van der Waals surface area contributed by atoms with Crippen LogP contribution in [0.1, 0.15) is 12.2 Å². The van der Waals surface area contributed by atoms with E-state index in [1.165, 1.54) is 0 Å². The van der Waals surface area contributed by atoms with E-state index in [1.807, 2.05) is 30.3 Å². The molecular weight excluding hydrogens is 308 g/mol. The highest BCUT2D eigenvalue weighted by Crippen LogP contribution is 2.30. The van der Waals surface area contributed by atoms with Gasteiger partial charge in [0.15, 0.2) is 0 Å². The minimum Gasteiger partial charge on any atom is -0.495 e. The van der Waals surface area contributed by atoms with Crippen LogP contribution in [0.3, 0.4) is 0 Å². The van der Waals surface area contributed by atoms with E-state index in [2.05, 4.69) is 10.2 Å². The lowest BCUT2D eigenvalue weighted by molar-refractivity contribution is -0.116. The third-order valence-electron chi connectivity index (χ3n) is 4.01. The number of carbonyl (C=O) groups is 1. The van der Waals surface area contributed by atoms with Crippen LogP contribution in [-0.4, -0.2) is 39.3 Å². The zero-order chi connectivity index (χ0) is 16.8. The molecule has 1 fully saturated rings. The van der Waals surface area contributed by atoms with Crippen molar-refractivity contribution >= 4 is 17.3 Å². The summed E-state index contributed by atoms with van der Waals surface area (Å²) in [6.07, 6.45) is 2.55. The predicted octanol–water partition coefficient (Wildman–Crippen LogP) is 2.70. The Balaban J connectivity index is 1.66. The second-order valence-corrected chi connectivity index (χ2v) is 5.61. The van der Waals surface area contributed by atoms with Crippen LogP contribution in [-0.2, 0) is 16.0 Å². The molecule has 0 spiro atoms. The smallest absolute Gasteiger partial charge is 0.224 e. The van der Waals surface area contributed by atoms with E-state index >= 15 is 0 Å². The van der Waals surface area contributed by atoms with Crippen molar-refractivity contribution in [2.45, 2.75) is 12.8 Å². The van der Waals surface area contributed by atoms with Gasteiger partial charge >= 0.3 is 0 Å². The normalized spacial score (nSPS) is 14.5. The molecule has 0 radical (unpaired) electrons. The number of carbonyl (C=O) groups excluding carboxylic acids is 1. The molecule has 2 aromatic rings. The number of anilines is 2. The number of furan rings is 1. The van der Waals surface area contributed by atoms with Gasteiger partial charge in [-0.05, 0) is 30.3 Å². The number of hydrogen-bond donors (Lipinski definition) is 1. The first kappa shape index (κ1) is 16.4. The SMILES string of the molecule is COc1ccc(N2CCOCC2)cc1NC(=O)CCc1ccco1. The average molecular weight is 330 g/mol. The standard InChI is InChI=1S/C18H22N2O4/c1-22-17-6-4-14(20-8-11-23-12-9-20)13-16(17)19-18(21)7-5-15-3-2-10-24-15/h2-4,6,10,13H,5,7-9,11-12H2,1H3,(H,19,21). The van der Waals surface area contributed by atoms with Gasteiger partial charge in [-0.25, -0.2) is 0 Å². The first-order valence-electron chi connectivity index (χ1n) is 8.09. The summed E-state index contributed by atoms with van der Waals surface area (Å²) in [5.41, 5.74) is 1.74. The molecule has 24 heavy (non-hydrogen) atoms. The molecule has 1 aliphatic heterocycles. The zero-order valence-electron chi connectivity index (χ0n) is 13.8. The number of nitrogens with one attached hydrogen (secondary N) is 1. The van der Waals surface area contributed by atoms with Gasteiger partial charge in [0.2, 0.25) is 5.91 Å². The van der Waals surface area contributed by atoms with Gasteiger partial charge in [-0.15, -0.1) is 0 Å².